The maximum absolute atomic E-state index is 12.5. The monoisotopic (exact) mass is 358 g/mol. The van der Waals surface area contributed by atoms with Gasteiger partial charge in [-0.05, 0) is 32.0 Å². The highest BCUT2D eigenvalue weighted by molar-refractivity contribution is 5.96. The van der Waals surface area contributed by atoms with Crippen molar-refractivity contribution >= 4 is 12.1 Å². The van der Waals surface area contributed by atoms with Crippen LogP contribution in [0.25, 0.3) is 0 Å². The van der Waals surface area contributed by atoms with Crippen molar-refractivity contribution in [2.75, 3.05) is 20.8 Å². The highest BCUT2D eigenvalue weighted by Crippen LogP contribution is 2.27. The lowest BCUT2D eigenvalue weighted by Crippen LogP contribution is -2.39. The molecule has 26 heavy (non-hydrogen) atoms. The average molecular weight is 358 g/mol. The Bertz CT molecular complexity index is 811. The lowest BCUT2D eigenvalue weighted by Gasteiger charge is -2.17. The van der Waals surface area contributed by atoms with Gasteiger partial charge in [0.15, 0.2) is 11.5 Å². The number of benzene rings is 1. The number of aryl methyl sites for hydroxylation is 2. The van der Waals surface area contributed by atoms with Crippen molar-refractivity contribution < 1.29 is 18.8 Å². The number of amides is 1. The molecular formula is C18H22N4O4. The van der Waals surface area contributed by atoms with Crippen LogP contribution in [0.15, 0.2) is 27.8 Å². The molecule has 0 bridgehead atoms. The van der Waals surface area contributed by atoms with Crippen LogP contribution in [0.2, 0.25) is 0 Å². The summed E-state index contributed by atoms with van der Waals surface area (Å²) in [4.78, 5) is 12.5. The molecule has 0 spiro atoms. The Morgan fingerprint density at radius 2 is 2.08 bits per heavy atom. The zero-order valence-electron chi connectivity index (χ0n) is 15.3. The van der Waals surface area contributed by atoms with Gasteiger partial charge >= 0.3 is 0 Å². The van der Waals surface area contributed by atoms with E-state index in [9.17, 15) is 4.79 Å². The SMILES string of the molecule is COc1ccc(C(=O)NC2C=NN(Cc3c(C)noc3C)C2)cc1OC. The number of methoxy groups -OCH3 is 2. The number of rotatable bonds is 6. The predicted octanol–water partition coefficient (Wildman–Crippen LogP) is 1.91. The number of hydrogen-bond acceptors (Lipinski definition) is 7. The summed E-state index contributed by atoms with van der Waals surface area (Å²) in [6.07, 6.45) is 1.73. The summed E-state index contributed by atoms with van der Waals surface area (Å²) in [5.41, 5.74) is 2.38. The maximum atomic E-state index is 12.5. The van der Waals surface area contributed by atoms with E-state index in [4.69, 9.17) is 14.0 Å². The minimum atomic E-state index is -0.193. The predicted molar refractivity (Wildman–Crippen MR) is 95.7 cm³/mol. The lowest BCUT2D eigenvalue weighted by atomic mass is 10.1. The largest absolute Gasteiger partial charge is 0.493 e. The molecule has 3 rings (SSSR count). The van der Waals surface area contributed by atoms with Crippen molar-refractivity contribution in [3.05, 3.63) is 40.8 Å². The molecule has 0 aliphatic carbocycles. The summed E-state index contributed by atoms with van der Waals surface area (Å²) < 4.78 is 15.6. The summed E-state index contributed by atoms with van der Waals surface area (Å²) in [7, 11) is 3.09. The molecule has 1 amide bonds. The highest BCUT2D eigenvalue weighted by atomic mass is 16.5. The van der Waals surface area contributed by atoms with Gasteiger partial charge in [-0.15, -0.1) is 0 Å². The first-order valence-corrected chi connectivity index (χ1v) is 8.25. The van der Waals surface area contributed by atoms with Crippen LogP contribution in [-0.2, 0) is 6.54 Å². The summed E-state index contributed by atoms with van der Waals surface area (Å²) in [5.74, 6) is 1.69. The molecule has 1 aliphatic heterocycles. The summed E-state index contributed by atoms with van der Waals surface area (Å²) in [5, 5.41) is 13.2. The van der Waals surface area contributed by atoms with E-state index in [1.165, 1.54) is 7.11 Å². The zero-order chi connectivity index (χ0) is 18.7. The van der Waals surface area contributed by atoms with Gasteiger partial charge in [0.2, 0.25) is 0 Å². The fraction of sp³-hybridized carbons (Fsp3) is 0.389. The molecule has 1 aromatic carbocycles. The quantitative estimate of drug-likeness (QED) is 0.848. The molecule has 2 aromatic rings. The van der Waals surface area contributed by atoms with E-state index in [2.05, 4.69) is 15.6 Å². The summed E-state index contributed by atoms with van der Waals surface area (Å²) in [6.45, 7) is 4.97. The smallest absolute Gasteiger partial charge is 0.251 e. The molecule has 0 radical (unpaired) electrons. The van der Waals surface area contributed by atoms with E-state index in [-0.39, 0.29) is 11.9 Å². The first-order valence-electron chi connectivity index (χ1n) is 8.25. The number of carbonyl (C=O) groups is 1. The molecule has 8 nitrogen and oxygen atoms in total. The van der Waals surface area contributed by atoms with Gasteiger partial charge in [-0.25, -0.2) is 0 Å². The molecular weight excluding hydrogens is 336 g/mol. The molecule has 8 heteroatoms. The van der Waals surface area contributed by atoms with Gasteiger partial charge in [0.25, 0.3) is 5.91 Å². The second-order valence-corrected chi connectivity index (χ2v) is 6.06. The maximum Gasteiger partial charge on any atom is 0.251 e. The van der Waals surface area contributed by atoms with E-state index in [1.54, 1.807) is 31.5 Å². The molecule has 138 valence electrons. The van der Waals surface area contributed by atoms with Crippen molar-refractivity contribution in [2.24, 2.45) is 5.10 Å². The molecule has 0 saturated heterocycles. The van der Waals surface area contributed by atoms with Crippen LogP contribution in [0, 0.1) is 13.8 Å². The Balaban J connectivity index is 1.60. The Hall–Kier alpha value is -3.03. The number of nitrogens with zero attached hydrogens (tertiary/aromatic N) is 3. The Labute approximate surface area is 151 Å². The van der Waals surface area contributed by atoms with E-state index in [1.807, 2.05) is 18.9 Å². The van der Waals surface area contributed by atoms with Gasteiger partial charge in [-0.3, -0.25) is 9.80 Å². The van der Waals surface area contributed by atoms with E-state index >= 15 is 0 Å². The number of hydrazone groups is 1. The fourth-order valence-electron chi connectivity index (χ4n) is 2.82. The second-order valence-electron chi connectivity index (χ2n) is 6.06. The van der Waals surface area contributed by atoms with Gasteiger partial charge in [-0.2, -0.15) is 5.10 Å². The number of ether oxygens (including phenoxy) is 2. The van der Waals surface area contributed by atoms with Crippen LogP contribution in [0.3, 0.4) is 0 Å². The van der Waals surface area contributed by atoms with E-state index < -0.39 is 0 Å². The van der Waals surface area contributed by atoms with Crippen molar-refractivity contribution in [3.63, 3.8) is 0 Å². The lowest BCUT2D eigenvalue weighted by molar-refractivity contribution is 0.0943. The average Bonchev–Trinajstić information content (AvgIpc) is 3.22. The Morgan fingerprint density at radius 1 is 1.31 bits per heavy atom. The molecule has 1 aromatic heterocycles. The molecule has 0 fully saturated rings. The van der Waals surface area contributed by atoms with Crippen LogP contribution >= 0.6 is 0 Å². The van der Waals surface area contributed by atoms with Crippen LogP contribution in [0.5, 0.6) is 11.5 Å². The van der Waals surface area contributed by atoms with Gasteiger partial charge in [0.05, 0.1) is 39.0 Å². The highest BCUT2D eigenvalue weighted by Gasteiger charge is 2.22. The van der Waals surface area contributed by atoms with Crippen molar-refractivity contribution in [1.82, 2.24) is 15.5 Å². The number of nitrogens with one attached hydrogen (secondary N) is 1. The van der Waals surface area contributed by atoms with Gasteiger partial charge < -0.3 is 19.3 Å². The minimum absolute atomic E-state index is 0.170. The molecule has 2 heterocycles. The van der Waals surface area contributed by atoms with E-state index in [0.29, 0.717) is 30.2 Å². The molecule has 1 N–H and O–H groups in total. The normalized spacial score (nSPS) is 16.0. The summed E-state index contributed by atoms with van der Waals surface area (Å²) >= 11 is 0. The van der Waals surface area contributed by atoms with Crippen LogP contribution in [0.4, 0.5) is 0 Å². The van der Waals surface area contributed by atoms with Gasteiger partial charge in [-0.1, -0.05) is 5.16 Å². The zero-order valence-corrected chi connectivity index (χ0v) is 15.3. The summed E-state index contributed by atoms with van der Waals surface area (Å²) in [6, 6.07) is 4.89. The first-order chi connectivity index (χ1) is 12.5. The van der Waals surface area contributed by atoms with E-state index in [0.717, 1.165) is 17.0 Å². The van der Waals surface area contributed by atoms with Gasteiger partial charge in [0.1, 0.15) is 5.76 Å². The third kappa shape index (κ3) is 3.63. The van der Waals surface area contributed by atoms with Crippen molar-refractivity contribution in [2.45, 2.75) is 26.4 Å². The number of aromatic nitrogens is 1. The van der Waals surface area contributed by atoms with Crippen molar-refractivity contribution in [3.8, 4) is 11.5 Å². The minimum Gasteiger partial charge on any atom is -0.493 e. The number of carbonyl (C=O) groups excluding carboxylic acids is 1. The molecule has 1 aliphatic rings. The third-order valence-corrected chi connectivity index (χ3v) is 4.30. The van der Waals surface area contributed by atoms with Crippen LogP contribution in [-0.4, -0.2) is 49.1 Å². The van der Waals surface area contributed by atoms with Crippen LogP contribution < -0.4 is 14.8 Å². The van der Waals surface area contributed by atoms with Gasteiger partial charge in [0, 0.05) is 17.3 Å². The number of hydrogen-bond donors (Lipinski definition) is 1. The fourth-order valence-corrected chi connectivity index (χ4v) is 2.82. The topological polar surface area (TPSA) is 89.2 Å². The Morgan fingerprint density at radius 3 is 2.73 bits per heavy atom. The standard InChI is InChI=1S/C18H22N4O4/c1-11-15(12(2)26-21-11)10-22-9-14(8-19-22)20-18(23)13-5-6-16(24-3)17(7-13)25-4/h5-8,14H,9-10H2,1-4H3,(H,20,23). The third-order valence-electron chi connectivity index (χ3n) is 4.30. The van der Waals surface area contributed by atoms with Crippen LogP contribution in [0.1, 0.15) is 27.4 Å². The second kappa shape index (κ2) is 7.47. The molecule has 0 saturated carbocycles. The Kier molecular flexibility index (Phi) is 5.11. The first kappa shape index (κ1) is 17.8. The molecule has 1 atom stereocenters. The molecule has 1 unspecified atom stereocenters. The van der Waals surface area contributed by atoms with Crippen molar-refractivity contribution in [1.29, 1.82) is 0 Å².